The van der Waals surface area contributed by atoms with Crippen molar-refractivity contribution in [2.45, 2.75) is 19.0 Å². The predicted molar refractivity (Wildman–Crippen MR) is 94.1 cm³/mol. The van der Waals surface area contributed by atoms with Crippen LogP contribution in [0.1, 0.15) is 22.7 Å². The minimum atomic E-state index is -4.47. The summed E-state index contributed by atoms with van der Waals surface area (Å²) in [7, 11) is 1.52. The van der Waals surface area contributed by atoms with Crippen molar-refractivity contribution in [3.63, 3.8) is 0 Å². The molecule has 28 heavy (non-hydrogen) atoms. The monoisotopic (exact) mass is 393 g/mol. The number of pyridine rings is 1. The lowest BCUT2D eigenvalue weighted by Crippen LogP contribution is -2.39. The van der Waals surface area contributed by atoms with E-state index < -0.39 is 35.4 Å². The molecule has 0 aliphatic carbocycles. The number of aryl methyl sites for hydroxylation is 1. The number of benzene rings is 1. The third kappa shape index (κ3) is 3.64. The molecule has 0 radical (unpaired) electrons. The van der Waals surface area contributed by atoms with Gasteiger partial charge in [0.2, 0.25) is 5.91 Å². The van der Waals surface area contributed by atoms with E-state index in [0.717, 1.165) is 12.1 Å². The van der Waals surface area contributed by atoms with E-state index in [9.17, 15) is 28.0 Å². The second kappa shape index (κ2) is 7.14. The molecule has 0 saturated carbocycles. The maximum Gasteiger partial charge on any atom is 0.416 e. The number of anilines is 1. The van der Waals surface area contributed by atoms with Gasteiger partial charge in [0.15, 0.2) is 0 Å². The van der Waals surface area contributed by atoms with Gasteiger partial charge in [-0.3, -0.25) is 4.79 Å². The fourth-order valence-corrected chi connectivity index (χ4v) is 3.31. The van der Waals surface area contributed by atoms with E-state index in [0.29, 0.717) is 16.0 Å². The summed E-state index contributed by atoms with van der Waals surface area (Å²) < 4.78 is 38.9. The SMILES string of the molecule is Cc1cccc(NC(=O)[C@H]2C(=O)N(C)C[C@@H]2c2ccc(C(F)(F)F)cc2)[n+]1[O-]. The van der Waals surface area contributed by atoms with Crippen LogP contribution in [0, 0.1) is 18.0 Å². The quantitative estimate of drug-likeness (QED) is 0.495. The van der Waals surface area contributed by atoms with E-state index in [-0.39, 0.29) is 12.4 Å². The molecule has 1 aromatic heterocycles. The number of nitrogens with zero attached hydrogens (tertiary/aromatic N) is 2. The normalized spacial score (nSPS) is 19.8. The van der Waals surface area contributed by atoms with Crippen LogP contribution in [0.2, 0.25) is 0 Å². The Balaban J connectivity index is 1.88. The van der Waals surface area contributed by atoms with E-state index in [1.165, 1.54) is 30.1 Å². The van der Waals surface area contributed by atoms with Gasteiger partial charge in [-0.2, -0.15) is 13.2 Å². The highest BCUT2D eigenvalue weighted by molar-refractivity contribution is 6.08. The first-order chi connectivity index (χ1) is 13.1. The molecule has 1 saturated heterocycles. The molecule has 0 bridgehead atoms. The minimum absolute atomic E-state index is 0.0153. The first-order valence-electron chi connectivity index (χ1n) is 8.52. The number of hydrogen-bond donors (Lipinski definition) is 1. The number of hydrogen-bond acceptors (Lipinski definition) is 3. The molecule has 1 aromatic carbocycles. The standard InChI is InChI=1S/C19H18F3N3O3/c1-11-4-3-5-15(25(11)28)23-17(26)16-14(10-24(2)18(16)27)12-6-8-13(9-7-12)19(20,21)22/h3-9,14,16H,10H2,1-2H3,(H,23,26)/t14-,16+/m1/s1. The third-order valence-electron chi connectivity index (χ3n) is 4.85. The highest BCUT2D eigenvalue weighted by Crippen LogP contribution is 2.36. The Morgan fingerprint density at radius 2 is 1.86 bits per heavy atom. The molecular weight excluding hydrogens is 375 g/mol. The average molecular weight is 393 g/mol. The lowest BCUT2D eigenvalue weighted by molar-refractivity contribution is -0.597. The first-order valence-corrected chi connectivity index (χ1v) is 8.52. The van der Waals surface area contributed by atoms with Gasteiger partial charge in [-0.05, 0) is 30.7 Å². The van der Waals surface area contributed by atoms with Gasteiger partial charge >= 0.3 is 12.1 Å². The van der Waals surface area contributed by atoms with Crippen LogP contribution in [0.3, 0.4) is 0 Å². The molecule has 6 nitrogen and oxygen atoms in total. The van der Waals surface area contributed by atoms with Crippen LogP contribution in [0.25, 0.3) is 0 Å². The summed E-state index contributed by atoms with van der Waals surface area (Å²) in [6, 6.07) is 8.99. The second-order valence-electron chi connectivity index (χ2n) is 6.76. The Bertz CT molecular complexity index is 913. The van der Waals surface area contributed by atoms with Gasteiger partial charge in [-0.15, -0.1) is 0 Å². The summed E-state index contributed by atoms with van der Waals surface area (Å²) in [6.45, 7) is 1.76. The number of halogens is 3. The molecule has 1 aliphatic rings. The summed E-state index contributed by atoms with van der Waals surface area (Å²) in [6.07, 6.45) is -4.47. The Labute approximate surface area is 159 Å². The molecule has 0 spiro atoms. The molecule has 2 atom stereocenters. The Kier molecular flexibility index (Phi) is 5.01. The summed E-state index contributed by atoms with van der Waals surface area (Å²) >= 11 is 0. The topological polar surface area (TPSA) is 76.4 Å². The van der Waals surface area contributed by atoms with E-state index >= 15 is 0 Å². The molecule has 9 heteroatoms. The summed E-state index contributed by atoms with van der Waals surface area (Å²) in [4.78, 5) is 26.6. The van der Waals surface area contributed by atoms with E-state index in [2.05, 4.69) is 5.32 Å². The van der Waals surface area contributed by atoms with Crippen molar-refractivity contribution in [1.29, 1.82) is 0 Å². The Morgan fingerprint density at radius 3 is 2.46 bits per heavy atom. The molecule has 2 aromatic rings. The van der Waals surface area contributed by atoms with Crippen LogP contribution in [0.4, 0.5) is 19.0 Å². The molecular formula is C19H18F3N3O3. The molecule has 2 heterocycles. The van der Waals surface area contributed by atoms with Crippen LogP contribution in [-0.4, -0.2) is 30.3 Å². The Hall–Kier alpha value is -3.10. The first kappa shape index (κ1) is 19.7. The maximum absolute atomic E-state index is 12.8. The van der Waals surface area contributed by atoms with Crippen molar-refractivity contribution >= 4 is 17.6 Å². The van der Waals surface area contributed by atoms with Gasteiger partial charge in [-0.25, -0.2) is 14.8 Å². The van der Waals surface area contributed by atoms with Crippen molar-refractivity contribution < 1.29 is 27.5 Å². The number of carbonyl (C=O) groups excluding carboxylic acids is 2. The van der Waals surface area contributed by atoms with Crippen LogP contribution in [-0.2, 0) is 15.8 Å². The second-order valence-corrected chi connectivity index (χ2v) is 6.76. The largest absolute Gasteiger partial charge is 0.710 e. The van der Waals surface area contributed by atoms with Gasteiger partial charge in [0.1, 0.15) is 11.6 Å². The maximum atomic E-state index is 12.8. The predicted octanol–water partition coefficient (Wildman–Crippen LogP) is 2.46. The Morgan fingerprint density at radius 1 is 1.21 bits per heavy atom. The van der Waals surface area contributed by atoms with Crippen molar-refractivity contribution in [3.8, 4) is 0 Å². The fraction of sp³-hybridized carbons (Fsp3) is 0.316. The van der Waals surface area contributed by atoms with Crippen molar-refractivity contribution in [1.82, 2.24) is 4.90 Å². The number of rotatable bonds is 3. The molecule has 1 N–H and O–H groups in total. The van der Waals surface area contributed by atoms with Crippen LogP contribution >= 0.6 is 0 Å². The molecule has 1 aliphatic heterocycles. The molecule has 3 rings (SSSR count). The van der Waals surface area contributed by atoms with Crippen molar-refractivity contribution in [3.05, 3.63) is 64.5 Å². The average Bonchev–Trinajstić information content (AvgIpc) is 2.93. The molecule has 0 unspecified atom stereocenters. The van der Waals surface area contributed by atoms with Crippen LogP contribution in [0.15, 0.2) is 42.5 Å². The smallest absolute Gasteiger partial charge is 0.416 e. The number of carbonyl (C=O) groups is 2. The van der Waals surface area contributed by atoms with Gasteiger partial charge in [-0.1, -0.05) is 18.2 Å². The zero-order valence-corrected chi connectivity index (χ0v) is 15.2. The van der Waals surface area contributed by atoms with Crippen molar-refractivity contribution in [2.24, 2.45) is 5.92 Å². The van der Waals surface area contributed by atoms with Gasteiger partial charge < -0.3 is 10.1 Å². The number of likely N-dealkylation sites (tertiary alicyclic amines) is 1. The zero-order chi connectivity index (χ0) is 20.6. The van der Waals surface area contributed by atoms with Gasteiger partial charge in [0.05, 0.1) is 5.56 Å². The lowest BCUT2D eigenvalue weighted by Gasteiger charge is -2.17. The number of aromatic nitrogens is 1. The molecule has 148 valence electrons. The van der Waals surface area contributed by atoms with E-state index in [1.54, 1.807) is 19.1 Å². The van der Waals surface area contributed by atoms with E-state index in [4.69, 9.17) is 0 Å². The van der Waals surface area contributed by atoms with Crippen molar-refractivity contribution in [2.75, 3.05) is 18.9 Å². The van der Waals surface area contributed by atoms with E-state index in [1.807, 2.05) is 0 Å². The zero-order valence-electron chi connectivity index (χ0n) is 15.2. The van der Waals surface area contributed by atoms with Gasteiger partial charge in [0.25, 0.3) is 5.82 Å². The van der Waals surface area contributed by atoms with Crippen LogP contribution in [0.5, 0.6) is 0 Å². The number of likely N-dealkylation sites (N-methyl/N-ethyl adjacent to an activating group) is 1. The minimum Gasteiger partial charge on any atom is -0.710 e. The van der Waals surface area contributed by atoms with Crippen LogP contribution < -0.4 is 10.0 Å². The summed E-state index contributed by atoms with van der Waals surface area (Å²) in [5.74, 6) is -2.90. The third-order valence-corrected chi connectivity index (χ3v) is 4.85. The highest BCUT2D eigenvalue weighted by atomic mass is 19.4. The number of nitrogens with one attached hydrogen (secondary N) is 1. The highest BCUT2D eigenvalue weighted by Gasteiger charge is 2.46. The fourth-order valence-electron chi connectivity index (χ4n) is 3.31. The molecule has 1 fully saturated rings. The molecule has 2 amide bonds. The number of alkyl halides is 3. The summed E-state index contributed by atoms with van der Waals surface area (Å²) in [5, 5.41) is 14.5. The number of amides is 2. The summed E-state index contributed by atoms with van der Waals surface area (Å²) in [5.41, 5.74) is 0.0131. The lowest BCUT2D eigenvalue weighted by atomic mass is 9.87. The van der Waals surface area contributed by atoms with Gasteiger partial charge in [0, 0.05) is 25.6 Å².